The number of carbonyl (C=O) groups is 1. The van der Waals surface area contributed by atoms with Crippen LogP contribution in [0.4, 0.5) is 0 Å². The summed E-state index contributed by atoms with van der Waals surface area (Å²) in [5.41, 5.74) is 2.44. The van der Waals surface area contributed by atoms with Crippen molar-refractivity contribution in [1.82, 2.24) is 0 Å². The summed E-state index contributed by atoms with van der Waals surface area (Å²) < 4.78 is 10.7. The second kappa shape index (κ2) is 8.35. The van der Waals surface area contributed by atoms with E-state index in [9.17, 15) is 4.79 Å². The van der Waals surface area contributed by atoms with Crippen molar-refractivity contribution in [3.63, 3.8) is 0 Å². The topological polar surface area (TPSA) is 35.5 Å². The molecule has 1 unspecified atom stereocenters. The minimum Gasteiger partial charge on any atom is -0.425 e. The number of esters is 1. The molecule has 2 rings (SSSR count). The first-order chi connectivity index (χ1) is 10.7. The SMILES string of the molecule is CCOC(CC)C(=O)Oc1ccc(Cc2ccccc2)cc1. The molecule has 116 valence electrons. The molecule has 0 bridgehead atoms. The van der Waals surface area contributed by atoms with Crippen LogP contribution >= 0.6 is 0 Å². The maximum atomic E-state index is 12.0. The van der Waals surface area contributed by atoms with Gasteiger partial charge in [-0.1, -0.05) is 49.4 Å². The van der Waals surface area contributed by atoms with E-state index in [0.717, 1.165) is 6.42 Å². The molecule has 2 aromatic rings. The average Bonchev–Trinajstić information content (AvgIpc) is 2.55. The van der Waals surface area contributed by atoms with Crippen molar-refractivity contribution >= 4 is 5.97 Å². The summed E-state index contributed by atoms with van der Waals surface area (Å²) in [4.78, 5) is 12.0. The zero-order valence-corrected chi connectivity index (χ0v) is 13.1. The van der Waals surface area contributed by atoms with Crippen LogP contribution in [0.25, 0.3) is 0 Å². The van der Waals surface area contributed by atoms with Gasteiger partial charge in [-0.2, -0.15) is 0 Å². The summed E-state index contributed by atoms with van der Waals surface area (Å²) in [5.74, 6) is 0.222. The van der Waals surface area contributed by atoms with E-state index in [1.54, 1.807) is 0 Å². The van der Waals surface area contributed by atoms with Gasteiger partial charge in [0.25, 0.3) is 0 Å². The third-order valence-corrected chi connectivity index (χ3v) is 3.39. The van der Waals surface area contributed by atoms with Crippen LogP contribution in [-0.4, -0.2) is 18.7 Å². The highest BCUT2D eigenvalue weighted by Crippen LogP contribution is 2.16. The zero-order valence-electron chi connectivity index (χ0n) is 13.1. The molecule has 0 heterocycles. The van der Waals surface area contributed by atoms with E-state index in [1.165, 1.54) is 11.1 Å². The number of ether oxygens (including phenoxy) is 2. The summed E-state index contributed by atoms with van der Waals surface area (Å²) in [6.45, 7) is 4.28. The van der Waals surface area contributed by atoms with Crippen molar-refractivity contribution in [2.75, 3.05) is 6.61 Å². The Morgan fingerprint density at radius 2 is 1.59 bits per heavy atom. The first-order valence-electron chi connectivity index (χ1n) is 7.69. The van der Waals surface area contributed by atoms with Gasteiger partial charge in [-0.25, -0.2) is 4.79 Å². The molecule has 0 aliphatic carbocycles. The standard InChI is InChI=1S/C19H22O3/c1-3-18(21-4-2)19(20)22-17-12-10-16(11-13-17)14-15-8-6-5-7-9-15/h5-13,18H,3-4,14H2,1-2H3. The molecule has 0 spiro atoms. The van der Waals surface area contributed by atoms with Crippen molar-refractivity contribution in [3.8, 4) is 5.75 Å². The molecule has 0 radical (unpaired) electrons. The van der Waals surface area contributed by atoms with Crippen molar-refractivity contribution in [3.05, 3.63) is 65.7 Å². The number of hydrogen-bond donors (Lipinski definition) is 0. The van der Waals surface area contributed by atoms with E-state index in [0.29, 0.717) is 18.8 Å². The third kappa shape index (κ3) is 4.71. The summed E-state index contributed by atoms with van der Waals surface area (Å²) in [5, 5.41) is 0. The van der Waals surface area contributed by atoms with Gasteiger partial charge in [-0.15, -0.1) is 0 Å². The molecule has 0 fully saturated rings. The van der Waals surface area contributed by atoms with Crippen LogP contribution < -0.4 is 4.74 Å². The maximum Gasteiger partial charge on any atom is 0.340 e. The Balaban J connectivity index is 1.95. The van der Waals surface area contributed by atoms with Crippen molar-refractivity contribution < 1.29 is 14.3 Å². The second-order valence-electron chi connectivity index (χ2n) is 5.08. The van der Waals surface area contributed by atoms with Crippen LogP contribution in [-0.2, 0) is 16.0 Å². The fourth-order valence-electron chi connectivity index (χ4n) is 2.24. The Morgan fingerprint density at radius 1 is 0.955 bits per heavy atom. The molecule has 0 aliphatic heterocycles. The van der Waals surface area contributed by atoms with Crippen LogP contribution in [0.5, 0.6) is 5.75 Å². The molecule has 0 saturated carbocycles. The van der Waals surface area contributed by atoms with Crippen LogP contribution in [0.2, 0.25) is 0 Å². The van der Waals surface area contributed by atoms with Crippen molar-refractivity contribution in [1.29, 1.82) is 0 Å². The quantitative estimate of drug-likeness (QED) is 0.572. The lowest BCUT2D eigenvalue weighted by atomic mass is 10.1. The van der Waals surface area contributed by atoms with E-state index in [2.05, 4.69) is 12.1 Å². The number of benzene rings is 2. The van der Waals surface area contributed by atoms with Gasteiger partial charge >= 0.3 is 5.97 Å². The lowest BCUT2D eigenvalue weighted by molar-refractivity contribution is -0.147. The van der Waals surface area contributed by atoms with Gasteiger partial charge in [0.2, 0.25) is 0 Å². The molecule has 0 aromatic heterocycles. The minimum atomic E-state index is -0.492. The lowest BCUT2D eigenvalue weighted by Gasteiger charge is -2.14. The molecule has 0 aliphatic rings. The molecule has 3 nitrogen and oxygen atoms in total. The molecule has 2 aromatic carbocycles. The minimum absolute atomic E-state index is 0.333. The third-order valence-electron chi connectivity index (χ3n) is 3.39. The Labute approximate surface area is 131 Å². The predicted molar refractivity (Wildman–Crippen MR) is 87.0 cm³/mol. The summed E-state index contributed by atoms with van der Waals surface area (Å²) >= 11 is 0. The lowest BCUT2D eigenvalue weighted by Crippen LogP contribution is -2.28. The highest BCUT2D eigenvalue weighted by atomic mass is 16.6. The van der Waals surface area contributed by atoms with Crippen molar-refractivity contribution in [2.45, 2.75) is 32.8 Å². The Bertz CT molecular complexity index is 575. The van der Waals surface area contributed by atoms with Gasteiger partial charge in [0.1, 0.15) is 5.75 Å². The average molecular weight is 298 g/mol. The van der Waals surface area contributed by atoms with E-state index < -0.39 is 6.10 Å². The fourth-order valence-corrected chi connectivity index (χ4v) is 2.24. The van der Waals surface area contributed by atoms with Gasteiger partial charge in [-0.05, 0) is 43.0 Å². The second-order valence-corrected chi connectivity index (χ2v) is 5.08. The molecule has 0 N–H and O–H groups in total. The first kappa shape index (κ1) is 16.2. The molecular formula is C19H22O3. The van der Waals surface area contributed by atoms with E-state index in [-0.39, 0.29) is 5.97 Å². The maximum absolute atomic E-state index is 12.0. The monoisotopic (exact) mass is 298 g/mol. The van der Waals surface area contributed by atoms with Gasteiger partial charge in [0.05, 0.1) is 0 Å². The number of carbonyl (C=O) groups excluding carboxylic acids is 1. The highest BCUT2D eigenvalue weighted by molar-refractivity contribution is 5.77. The normalized spacial score (nSPS) is 11.9. The van der Waals surface area contributed by atoms with E-state index in [1.807, 2.05) is 56.3 Å². The Hall–Kier alpha value is -2.13. The number of hydrogen-bond acceptors (Lipinski definition) is 3. The molecule has 0 saturated heterocycles. The van der Waals surface area contributed by atoms with Crippen LogP contribution in [0.1, 0.15) is 31.4 Å². The van der Waals surface area contributed by atoms with E-state index in [4.69, 9.17) is 9.47 Å². The fraction of sp³-hybridized carbons (Fsp3) is 0.316. The molecule has 22 heavy (non-hydrogen) atoms. The Kier molecular flexibility index (Phi) is 6.16. The van der Waals surface area contributed by atoms with Crippen LogP contribution in [0, 0.1) is 0 Å². The zero-order chi connectivity index (χ0) is 15.8. The highest BCUT2D eigenvalue weighted by Gasteiger charge is 2.18. The van der Waals surface area contributed by atoms with Crippen LogP contribution in [0.15, 0.2) is 54.6 Å². The van der Waals surface area contributed by atoms with Gasteiger partial charge in [0.15, 0.2) is 6.10 Å². The van der Waals surface area contributed by atoms with Gasteiger partial charge in [-0.3, -0.25) is 0 Å². The van der Waals surface area contributed by atoms with Crippen LogP contribution in [0.3, 0.4) is 0 Å². The Morgan fingerprint density at radius 3 is 2.18 bits per heavy atom. The predicted octanol–water partition coefficient (Wildman–Crippen LogP) is 4.00. The number of rotatable bonds is 7. The molecular weight excluding hydrogens is 276 g/mol. The largest absolute Gasteiger partial charge is 0.425 e. The molecule has 3 heteroatoms. The van der Waals surface area contributed by atoms with Gasteiger partial charge < -0.3 is 9.47 Å². The summed E-state index contributed by atoms with van der Waals surface area (Å²) in [6, 6.07) is 17.9. The molecule has 0 amide bonds. The smallest absolute Gasteiger partial charge is 0.340 e. The first-order valence-corrected chi connectivity index (χ1v) is 7.69. The molecule has 1 atom stereocenters. The van der Waals surface area contributed by atoms with E-state index >= 15 is 0 Å². The van der Waals surface area contributed by atoms with Crippen molar-refractivity contribution in [2.24, 2.45) is 0 Å². The summed E-state index contributed by atoms with van der Waals surface area (Å²) in [7, 11) is 0. The van der Waals surface area contributed by atoms with Gasteiger partial charge in [0, 0.05) is 6.61 Å². The summed E-state index contributed by atoms with van der Waals surface area (Å²) in [6.07, 6.45) is 0.985.